The Labute approximate surface area is 159 Å². The fraction of sp³-hybridized carbons (Fsp3) is 0.333. The van der Waals surface area contributed by atoms with E-state index in [0.717, 1.165) is 10.4 Å². The Morgan fingerprint density at radius 2 is 1.82 bits per heavy atom. The van der Waals surface area contributed by atoms with Gasteiger partial charge in [-0.2, -0.15) is 17.5 Å². The van der Waals surface area contributed by atoms with Gasteiger partial charge in [0.1, 0.15) is 0 Å². The summed E-state index contributed by atoms with van der Waals surface area (Å²) < 4.78 is 67.6. The molecular weight excluding hydrogens is 397 g/mol. The molecule has 2 aromatic rings. The smallest absolute Gasteiger partial charge is 0.258 e. The van der Waals surface area contributed by atoms with Gasteiger partial charge in [0.05, 0.1) is 21.4 Å². The summed E-state index contributed by atoms with van der Waals surface area (Å²) in [6, 6.07) is 7.60. The average molecular weight is 414 g/mol. The molecule has 0 N–H and O–H groups in total. The van der Waals surface area contributed by atoms with Crippen molar-refractivity contribution in [1.29, 1.82) is 0 Å². The molecule has 0 aliphatic carbocycles. The van der Waals surface area contributed by atoms with Gasteiger partial charge in [-0.1, -0.05) is 24.3 Å². The zero-order valence-electron chi connectivity index (χ0n) is 14.8. The molecule has 0 spiro atoms. The van der Waals surface area contributed by atoms with Crippen molar-refractivity contribution in [1.82, 2.24) is 4.31 Å². The third kappa shape index (κ3) is 3.49. The minimum absolute atomic E-state index is 0.0396. The first-order chi connectivity index (χ1) is 13.0. The number of hydrogen-bond acceptors (Lipinski definition) is 4. The molecule has 150 valence electrons. The second kappa shape index (κ2) is 7.17. The first-order valence-corrected chi connectivity index (χ1v) is 9.91. The number of benzene rings is 2. The third-order valence-corrected chi connectivity index (χ3v) is 6.92. The highest BCUT2D eigenvalue weighted by Gasteiger charge is 2.42. The van der Waals surface area contributed by atoms with Crippen LogP contribution < -0.4 is 0 Å². The van der Waals surface area contributed by atoms with Crippen LogP contribution in [0.3, 0.4) is 0 Å². The summed E-state index contributed by atoms with van der Waals surface area (Å²) in [6.45, 7) is 1.36. The van der Waals surface area contributed by atoms with Gasteiger partial charge < -0.3 is 0 Å². The molecule has 2 aromatic carbocycles. The van der Waals surface area contributed by atoms with E-state index in [2.05, 4.69) is 0 Å². The first kappa shape index (κ1) is 20.3. The number of sulfonamides is 1. The molecule has 10 heteroatoms. The van der Waals surface area contributed by atoms with E-state index in [1.807, 2.05) is 0 Å². The van der Waals surface area contributed by atoms with Crippen LogP contribution in [0.4, 0.5) is 18.9 Å². The van der Waals surface area contributed by atoms with E-state index in [4.69, 9.17) is 0 Å². The maximum atomic E-state index is 13.4. The number of hydrogen-bond donors (Lipinski definition) is 0. The monoisotopic (exact) mass is 414 g/mol. The molecule has 0 bridgehead atoms. The molecular formula is C18H17F3N2O4S. The zero-order chi connectivity index (χ0) is 20.7. The van der Waals surface area contributed by atoms with Crippen molar-refractivity contribution in [2.45, 2.75) is 36.9 Å². The van der Waals surface area contributed by atoms with Crippen molar-refractivity contribution in [2.75, 3.05) is 6.54 Å². The van der Waals surface area contributed by atoms with Gasteiger partial charge in [-0.25, -0.2) is 8.42 Å². The van der Waals surface area contributed by atoms with Crippen LogP contribution in [0.1, 0.15) is 35.6 Å². The minimum Gasteiger partial charge on any atom is -0.258 e. The maximum Gasteiger partial charge on any atom is 0.416 e. The number of nitro benzene ring substituents is 1. The van der Waals surface area contributed by atoms with Gasteiger partial charge in [-0.3, -0.25) is 10.1 Å². The molecule has 3 rings (SSSR count). The van der Waals surface area contributed by atoms with Gasteiger partial charge >= 0.3 is 6.18 Å². The van der Waals surface area contributed by atoms with Crippen molar-refractivity contribution in [3.8, 4) is 0 Å². The highest BCUT2D eigenvalue weighted by atomic mass is 32.2. The molecule has 1 fully saturated rings. The van der Waals surface area contributed by atoms with E-state index in [1.54, 1.807) is 0 Å². The van der Waals surface area contributed by atoms with Gasteiger partial charge in [0, 0.05) is 18.2 Å². The number of alkyl halides is 3. The standard InChI is InChI=1S/C18H17F3N2O4S/c1-12-15(23(24)25)8-4-10-17(12)28(26,27)22-11-5-9-16(22)13-6-2-3-7-14(13)18(19,20)21/h2-4,6-8,10,16H,5,9,11H2,1H3. The van der Waals surface area contributed by atoms with Gasteiger partial charge in [0.15, 0.2) is 0 Å². The summed E-state index contributed by atoms with van der Waals surface area (Å²) in [5.41, 5.74) is -1.38. The number of nitrogens with zero attached hydrogens (tertiary/aromatic N) is 2. The van der Waals surface area contributed by atoms with Crippen molar-refractivity contribution < 1.29 is 26.5 Å². The predicted molar refractivity (Wildman–Crippen MR) is 95.1 cm³/mol. The lowest BCUT2D eigenvalue weighted by atomic mass is 9.99. The lowest BCUT2D eigenvalue weighted by molar-refractivity contribution is -0.385. The van der Waals surface area contributed by atoms with Crippen molar-refractivity contribution >= 4 is 15.7 Å². The molecule has 0 amide bonds. The van der Waals surface area contributed by atoms with E-state index in [-0.39, 0.29) is 34.7 Å². The lowest BCUT2D eigenvalue weighted by Gasteiger charge is -2.27. The largest absolute Gasteiger partial charge is 0.416 e. The maximum absolute atomic E-state index is 13.4. The van der Waals surface area contributed by atoms with Crippen LogP contribution in [0, 0.1) is 17.0 Å². The fourth-order valence-corrected chi connectivity index (χ4v) is 5.51. The van der Waals surface area contributed by atoms with Crippen LogP contribution in [0.15, 0.2) is 47.4 Å². The summed E-state index contributed by atoms with van der Waals surface area (Å²) >= 11 is 0. The van der Waals surface area contributed by atoms with E-state index < -0.39 is 32.7 Å². The topological polar surface area (TPSA) is 80.5 Å². The average Bonchev–Trinajstić information content (AvgIpc) is 3.11. The molecule has 1 saturated heterocycles. The Bertz CT molecular complexity index is 1020. The SMILES string of the molecule is Cc1c([N+](=O)[O-])cccc1S(=O)(=O)N1CCCC1c1ccccc1C(F)(F)F. The molecule has 1 atom stereocenters. The Kier molecular flexibility index (Phi) is 5.20. The van der Waals surface area contributed by atoms with E-state index in [0.29, 0.717) is 6.42 Å². The van der Waals surface area contributed by atoms with Gasteiger partial charge in [0.25, 0.3) is 5.69 Å². The first-order valence-electron chi connectivity index (χ1n) is 8.47. The third-order valence-electron chi connectivity index (χ3n) is 4.87. The molecule has 0 saturated carbocycles. The molecule has 1 heterocycles. The van der Waals surface area contributed by atoms with Gasteiger partial charge in [0.2, 0.25) is 10.0 Å². The van der Waals surface area contributed by atoms with Crippen LogP contribution in [-0.4, -0.2) is 24.2 Å². The fourth-order valence-electron chi connectivity index (χ4n) is 3.59. The van der Waals surface area contributed by atoms with Gasteiger partial charge in [-0.05, 0) is 37.5 Å². The number of halogens is 3. The summed E-state index contributed by atoms with van der Waals surface area (Å²) in [4.78, 5) is 10.2. The van der Waals surface area contributed by atoms with Crippen molar-refractivity contribution in [3.05, 3.63) is 69.3 Å². The van der Waals surface area contributed by atoms with E-state index >= 15 is 0 Å². The minimum atomic E-state index is -4.62. The summed E-state index contributed by atoms with van der Waals surface area (Å²) in [5, 5.41) is 11.1. The van der Waals surface area contributed by atoms with Crippen molar-refractivity contribution in [3.63, 3.8) is 0 Å². The van der Waals surface area contributed by atoms with Crippen LogP contribution in [0.2, 0.25) is 0 Å². The Hall–Kier alpha value is -2.46. The Balaban J connectivity index is 2.10. The Morgan fingerprint density at radius 1 is 1.14 bits per heavy atom. The van der Waals surface area contributed by atoms with Gasteiger partial charge in [-0.15, -0.1) is 0 Å². The van der Waals surface area contributed by atoms with E-state index in [9.17, 15) is 31.7 Å². The normalized spacial score (nSPS) is 18.4. The molecule has 28 heavy (non-hydrogen) atoms. The Morgan fingerprint density at radius 3 is 2.46 bits per heavy atom. The molecule has 1 aliphatic rings. The number of nitro groups is 1. The van der Waals surface area contributed by atoms with E-state index in [1.165, 1.54) is 43.3 Å². The quantitative estimate of drug-likeness (QED) is 0.547. The van der Waals surface area contributed by atoms with Crippen LogP contribution in [0.5, 0.6) is 0 Å². The molecule has 0 aromatic heterocycles. The zero-order valence-corrected chi connectivity index (χ0v) is 15.6. The van der Waals surface area contributed by atoms with Crippen molar-refractivity contribution in [2.24, 2.45) is 0 Å². The van der Waals surface area contributed by atoms with Crippen LogP contribution in [0.25, 0.3) is 0 Å². The highest BCUT2D eigenvalue weighted by molar-refractivity contribution is 7.89. The highest BCUT2D eigenvalue weighted by Crippen LogP contribution is 2.43. The lowest BCUT2D eigenvalue weighted by Crippen LogP contribution is -2.32. The second-order valence-corrected chi connectivity index (χ2v) is 8.38. The number of rotatable bonds is 4. The summed E-state index contributed by atoms with van der Waals surface area (Å²) in [5.74, 6) is 0. The van der Waals surface area contributed by atoms with Crippen LogP contribution in [-0.2, 0) is 16.2 Å². The molecule has 1 aliphatic heterocycles. The predicted octanol–water partition coefficient (Wildman–Crippen LogP) is 4.45. The van der Waals surface area contributed by atoms with Crippen LogP contribution >= 0.6 is 0 Å². The second-order valence-electron chi connectivity index (χ2n) is 6.52. The summed E-state index contributed by atoms with van der Waals surface area (Å²) in [7, 11) is -4.22. The summed E-state index contributed by atoms with van der Waals surface area (Å²) in [6.07, 6.45) is -3.99. The molecule has 1 unspecified atom stereocenters. The molecule has 0 radical (unpaired) electrons. The molecule has 6 nitrogen and oxygen atoms in total.